The van der Waals surface area contributed by atoms with Gasteiger partial charge in [-0.05, 0) is 25.3 Å². The maximum Gasteiger partial charge on any atom is 0.0958 e. The Balaban J connectivity index is 1.88. The quantitative estimate of drug-likeness (QED) is 0.873. The van der Waals surface area contributed by atoms with E-state index in [0.29, 0.717) is 0 Å². The third-order valence-corrected chi connectivity index (χ3v) is 5.22. The predicted octanol–water partition coefficient (Wildman–Crippen LogP) is 3.96. The molecule has 0 radical (unpaired) electrons. The van der Waals surface area contributed by atoms with E-state index in [1.807, 2.05) is 49.0 Å². The smallest absolute Gasteiger partial charge is 0.0958 e. The molecule has 1 saturated carbocycles. The molecule has 0 bridgehead atoms. The molecule has 1 nitrogen and oxygen atoms in total. The fourth-order valence-electron chi connectivity index (χ4n) is 2.39. The third-order valence-electron chi connectivity index (χ3n) is 3.55. The minimum absolute atomic E-state index is 0.691. The van der Waals surface area contributed by atoms with E-state index in [-0.39, 0.29) is 0 Å². The van der Waals surface area contributed by atoms with Crippen molar-refractivity contribution in [1.29, 1.82) is 0 Å². The summed E-state index contributed by atoms with van der Waals surface area (Å²) >= 11 is 1.95. The van der Waals surface area contributed by atoms with Crippen molar-refractivity contribution >= 4 is 11.8 Å². The van der Waals surface area contributed by atoms with Gasteiger partial charge in [-0.2, -0.15) is 11.8 Å². The van der Waals surface area contributed by atoms with Crippen molar-refractivity contribution in [2.75, 3.05) is 5.75 Å². The van der Waals surface area contributed by atoms with Crippen LogP contribution in [0.3, 0.4) is 0 Å². The van der Waals surface area contributed by atoms with Gasteiger partial charge in [0.05, 0.1) is 5.60 Å². The van der Waals surface area contributed by atoms with Gasteiger partial charge < -0.3 is 5.11 Å². The van der Waals surface area contributed by atoms with Crippen LogP contribution in [0, 0.1) is 0 Å². The summed E-state index contributed by atoms with van der Waals surface area (Å²) in [6, 6.07) is 10.0. The first-order chi connectivity index (χ1) is 8.18. The minimum atomic E-state index is -0.691. The van der Waals surface area contributed by atoms with Gasteiger partial charge in [-0.3, -0.25) is 0 Å². The van der Waals surface area contributed by atoms with Crippen molar-refractivity contribution in [1.82, 2.24) is 0 Å². The average Bonchev–Trinajstić information content (AvgIpc) is 2.39. The number of thioether (sulfide) groups is 1. The third kappa shape index (κ3) is 3.75. The van der Waals surface area contributed by atoms with Gasteiger partial charge in [0.1, 0.15) is 0 Å². The molecule has 0 spiro atoms. The van der Waals surface area contributed by atoms with Crippen LogP contribution in [0.25, 0.3) is 0 Å². The topological polar surface area (TPSA) is 20.2 Å². The molecule has 0 heterocycles. The molecule has 2 heteroatoms. The number of hydrogen-bond donors (Lipinski definition) is 1. The summed E-state index contributed by atoms with van der Waals surface area (Å²) in [7, 11) is 0. The molecule has 0 saturated heterocycles. The van der Waals surface area contributed by atoms with Crippen molar-refractivity contribution in [2.45, 2.75) is 49.9 Å². The molecule has 1 aromatic rings. The van der Waals surface area contributed by atoms with E-state index in [0.717, 1.165) is 16.6 Å². The lowest BCUT2D eigenvalue weighted by atomic mass is 9.98. The van der Waals surface area contributed by atoms with Gasteiger partial charge in [0.15, 0.2) is 0 Å². The number of rotatable bonds is 4. The van der Waals surface area contributed by atoms with Crippen LogP contribution in [-0.2, 0) is 5.60 Å². The van der Waals surface area contributed by atoms with E-state index < -0.39 is 5.60 Å². The van der Waals surface area contributed by atoms with Crippen molar-refractivity contribution in [3.8, 4) is 0 Å². The average molecular weight is 250 g/mol. The predicted molar refractivity (Wildman–Crippen MR) is 75.3 cm³/mol. The molecular formula is C15H22OS. The summed E-state index contributed by atoms with van der Waals surface area (Å²) < 4.78 is 0. The SMILES string of the molecule is CC(O)(CSC1CCCCC1)c1ccccc1. The highest BCUT2D eigenvalue weighted by molar-refractivity contribution is 7.99. The van der Waals surface area contributed by atoms with Crippen LogP contribution >= 0.6 is 11.8 Å². The Hall–Kier alpha value is -0.470. The molecule has 0 aromatic heterocycles. The summed E-state index contributed by atoms with van der Waals surface area (Å²) in [5.74, 6) is 0.807. The zero-order valence-corrected chi connectivity index (χ0v) is 11.4. The zero-order valence-electron chi connectivity index (χ0n) is 10.6. The van der Waals surface area contributed by atoms with Crippen molar-refractivity contribution in [3.63, 3.8) is 0 Å². The second kappa shape index (κ2) is 5.92. The lowest BCUT2D eigenvalue weighted by molar-refractivity contribution is 0.0837. The van der Waals surface area contributed by atoms with Crippen molar-refractivity contribution in [2.24, 2.45) is 0 Å². The van der Waals surface area contributed by atoms with Crippen LogP contribution < -0.4 is 0 Å². The maximum absolute atomic E-state index is 10.5. The summed E-state index contributed by atoms with van der Waals surface area (Å²) in [6.45, 7) is 1.93. The summed E-state index contributed by atoms with van der Waals surface area (Å²) in [4.78, 5) is 0. The number of benzene rings is 1. The lowest BCUT2D eigenvalue weighted by Crippen LogP contribution is -2.26. The molecule has 1 unspecified atom stereocenters. The minimum Gasteiger partial charge on any atom is -0.385 e. The first-order valence-corrected chi connectivity index (χ1v) is 7.63. The molecule has 1 aliphatic rings. The molecule has 1 aliphatic carbocycles. The van der Waals surface area contributed by atoms with Crippen LogP contribution in [0.1, 0.15) is 44.6 Å². The fourth-order valence-corrected chi connectivity index (χ4v) is 3.79. The van der Waals surface area contributed by atoms with Gasteiger partial charge in [0.2, 0.25) is 0 Å². The van der Waals surface area contributed by atoms with Gasteiger partial charge in [-0.25, -0.2) is 0 Å². The van der Waals surface area contributed by atoms with Crippen LogP contribution in [-0.4, -0.2) is 16.1 Å². The Morgan fingerprint density at radius 2 is 1.82 bits per heavy atom. The Bertz CT molecular complexity index is 328. The zero-order chi connectivity index (χ0) is 12.1. The number of hydrogen-bond acceptors (Lipinski definition) is 2. The Morgan fingerprint density at radius 1 is 1.18 bits per heavy atom. The second-order valence-corrected chi connectivity index (χ2v) is 6.50. The van der Waals surface area contributed by atoms with Gasteiger partial charge >= 0.3 is 0 Å². The summed E-state index contributed by atoms with van der Waals surface area (Å²) in [6.07, 6.45) is 6.79. The monoisotopic (exact) mass is 250 g/mol. The van der Waals surface area contributed by atoms with E-state index in [1.54, 1.807) is 0 Å². The normalized spacial score (nSPS) is 21.1. The molecule has 1 N–H and O–H groups in total. The van der Waals surface area contributed by atoms with Gasteiger partial charge in [0.25, 0.3) is 0 Å². The van der Waals surface area contributed by atoms with Gasteiger partial charge in [-0.15, -0.1) is 0 Å². The van der Waals surface area contributed by atoms with Crippen LogP contribution in [0.2, 0.25) is 0 Å². The largest absolute Gasteiger partial charge is 0.385 e. The molecule has 1 fully saturated rings. The Labute approximate surface area is 109 Å². The molecule has 2 rings (SSSR count). The fraction of sp³-hybridized carbons (Fsp3) is 0.600. The van der Waals surface area contributed by atoms with E-state index in [4.69, 9.17) is 0 Å². The van der Waals surface area contributed by atoms with Gasteiger partial charge in [0, 0.05) is 11.0 Å². The molecule has 94 valence electrons. The first-order valence-electron chi connectivity index (χ1n) is 6.58. The van der Waals surface area contributed by atoms with Gasteiger partial charge in [-0.1, -0.05) is 49.6 Å². The summed E-state index contributed by atoms with van der Waals surface area (Å²) in [5, 5.41) is 11.3. The molecule has 1 atom stereocenters. The van der Waals surface area contributed by atoms with E-state index in [9.17, 15) is 5.11 Å². The Kier molecular flexibility index (Phi) is 4.52. The van der Waals surface area contributed by atoms with E-state index >= 15 is 0 Å². The highest BCUT2D eigenvalue weighted by Crippen LogP contribution is 2.33. The Morgan fingerprint density at radius 3 is 2.47 bits per heavy atom. The highest BCUT2D eigenvalue weighted by atomic mass is 32.2. The highest BCUT2D eigenvalue weighted by Gasteiger charge is 2.25. The second-order valence-electron chi connectivity index (χ2n) is 5.21. The van der Waals surface area contributed by atoms with Crippen molar-refractivity contribution < 1.29 is 5.11 Å². The summed E-state index contributed by atoms with van der Waals surface area (Å²) in [5.41, 5.74) is 0.340. The van der Waals surface area contributed by atoms with E-state index in [2.05, 4.69) is 0 Å². The number of aliphatic hydroxyl groups is 1. The van der Waals surface area contributed by atoms with E-state index in [1.165, 1.54) is 32.1 Å². The van der Waals surface area contributed by atoms with Crippen LogP contribution in [0.5, 0.6) is 0 Å². The van der Waals surface area contributed by atoms with Crippen LogP contribution in [0.15, 0.2) is 30.3 Å². The van der Waals surface area contributed by atoms with Crippen LogP contribution in [0.4, 0.5) is 0 Å². The first kappa shape index (κ1) is 13.0. The molecule has 0 aliphatic heterocycles. The molecule has 0 amide bonds. The lowest BCUT2D eigenvalue weighted by Gasteiger charge is -2.28. The molecular weight excluding hydrogens is 228 g/mol. The molecule has 1 aromatic carbocycles. The standard InChI is InChI=1S/C15H22OS/c1-15(16,13-8-4-2-5-9-13)12-17-14-10-6-3-7-11-14/h2,4-5,8-9,14,16H,3,6-7,10-12H2,1H3. The maximum atomic E-state index is 10.5. The molecule has 17 heavy (non-hydrogen) atoms. The van der Waals surface area contributed by atoms with Crippen molar-refractivity contribution in [3.05, 3.63) is 35.9 Å².